The first-order valence-electron chi connectivity index (χ1n) is 8.35. The Kier molecular flexibility index (Phi) is 7.44. The fraction of sp³-hybridized carbons (Fsp3) is 0.316. The van der Waals surface area contributed by atoms with E-state index in [9.17, 15) is 17.6 Å². The van der Waals surface area contributed by atoms with Gasteiger partial charge in [0.1, 0.15) is 11.6 Å². The second-order valence-electron chi connectivity index (χ2n) is 6.11. The Hall–Kier alpha value is -2.09. The molecule has 0 spiro atoms. The zero-order valence-corrected chi connectivity index (χ0v) is 15.1. The molecule has 2 aromatic carbocycles. The van der Waals surface area contributed by atoms with Crippen LogP contribution in [-0.2, 0) is 15.9 Å². The van der Waals surface area contributed by atoms with Crippen LogP contribution in [-0.4, -0.2) is 31.8 Å². The SMILES string of the molecule is O=C(c1ccc(F)cc1)C1CCNCC1.O=S(=O)(O)Cc1ccccc1. The maximum absolute atomic E-state index is 12.7. The lowest BCUT2D eigenvalue weighted by Gasteiger charge is -2.21. The van der Waals surface area contributed by atoms with Gasteiger partial charge in [0.25, 0.3) is 10.1 Å². The van der Waals surface area contributed by atoms with Crippen LogP contribution in [0.25, 0.3) is 0 Å². The quantitative estimate of drug-likeness (QED) is 0.630. The highest BCUT2D eigenvalue weighted by Crippen LogP contribution is 2.18. The molecule has 26 heavy (non-hydrogen) atoms. The molecular formula is C19H22FNO4S. The highest BCUT2D eigenvalue weighted by molar-refractivity contribution is 7.85. The summed E-state index contributed by atoms with van der Waals surface area (Å²) in [5.41, 5.74) is 1.22. The zero-order chi connectivity index (χ0) is 19.0. The van der Waals surface area contributed by atoms with Crippen LogP contribution in [0.5, 0.6) is 0 Å². The van der Waals surface area contributed by atoms with E-state index in [1.165, 1.54) is 12.1 Å². The Balaban J connectivity index is 0.000000197. The first-order valence-corrected chi connectivity index (χ1v) is 9.95. The van der Waals surface area contributed by atoms with Crippen molar-refractivity contribution in [3.63, 3.8) is 0 Å². The van der Waals surface area contributed by atoms with Crippen molar-refractivity contribution in [1.29, 1.82) is 0 Å². The topological polar surface area (TPSA) is 83.5 Å². The third-order valence-corrected chi connectivity index (χ3v) is 4.73. The molecule has 0 amide bonds. The molecule has 2 aromatic rings. The number of carbonyl (C=O) groups is 1. The fourth-order valence-electron chi connectivity index (χ4n) is 2.72. The molecule has 7 heteroatoms. The standard InChI is InChI=1S/C12H14FNO.C7H8O3S/c13-11-3-1-9(2-4-11)12(15)10-5-7-14-8-6-10;8-11(9,10)6-7-4-2-1-3-5-7/h1-4,10,14H,5-8H2;1-5H,6H2,(H,8,9,10). The Morgan fingerprint density at radius 2 is 1.62 bits per heavy atom. The minimum Gasteiger partial charge on any atom is -0.317 e. The van der Waals surface area contributed by atoms with Crippen molar-refractivity contribution in [2.24, 2.45) is 5.92 Å². The zero-order valence-electron chi connectivity index (χ0n) is 14.3. The molecule has 0 aromatic heterocycles. The summed E-state index contributed by atoms with van der Waals surface area (Å²) in [6.07, 6.45) is 1.77. The van der Waals surface area contributed by atoms with Crippen molar-refractivity contribution in [2.75, 3.05) is 13.1 Å². The third kappa shape index (κ3) is 7.03. The van der Waals surface area contributed by atoms with Crippen molar-refractivity contribution < 1.29 is 22.2 Å². The normalized spacial score (nSPS) is 15.0. The number of carbonyl (C=O) groups excluding carboxylic acids is 1. The van der Waals surface area contributed by atoms with E-state index < -0.39 is 10.1 Å². The highest BCUT2D eigenvalue weighted by atomic mass is 32.2. The maximum atomic E-state index is 12.7. The summed E-state index contributed by atoms with van der Waals surface area (Å²) < 4.78 is 41.8. The van der Waals surface area contributed by atoms with Gasteiger partial charge >= 0.3 is 0 Å². The Labute approximate surface area is 153 Å². The Bertz CT molecular complexity index is 801. The number of Topliss-reactive ketones (excluding diaryl/α,β-unsaturated/α-hetero) is 1. The maximum Gasteiger partial charge on any atom is 0.269 e. The average molecular weight is 379 g/mol. The largest absolute Gasteiger partial charge is 0.317 e. The molecule has 0 radical (unpaired) electrons. The Morgan fingerprint density at radius 3 is 2.15 bits per heavy atom. The van der Waals surface area contributed by atoms with E-state index in [0.29, 0.717) is 11.1 Å². The van der Waals surface area contributed by atoms with Gasteiger partial charge < -0.3 is 5.32 Å². The number of halogens is 1. The molecular weight excluding hydrogens is 357 g/mol. The predicted molar refractivity (Wildman–Crippen MR) is 98.0 cm³/mol. The highest BCUT2D eigenvalue weighted by Gasteiger charge is 2.21. The number of hydrogen-bond donors (Lipinski definition) is 2. The number of nitrogens with one attached hydrogen (secondary N) is 1. The van der Waals surface area contributed by atoms with E-state index in [4.69, 9.17) is 4.55 Å². The summed E-state index contributed by atoms with van der Waals surface area (Å²) in [7, 11) is -3.88. The second kappa shape index (κ2) is 9.56. The van der Waals surface area contributed by atoms with Crippen LogP contribution >= 0.6 is 0 Å². The van der Waals surface area contributed by atoms with Crippen LogP contribution in [0.3, 0.4) is 0 Å². The van der Waals surface area contributed by atoms with E-state index >= 15 is 0 Å². The van der Waals surface area contributed by atoms with Crippen LogP contribution in [0, 0.1) is 11.7 Å². The van der Waals surface area contributed by atoms with E-state index in [1.807, 2.05) is 0 Å². The molecule has 0 saturated carbocycles. The molecule has 1 saturated heterocycles. The van der Waals surface area contributed by atoms with Gasteiger partial charge in [-0.1, -0.05) is 30.3 Å². The van der Waals surface area contributed by atoms with Gasteiger partial charge in [-0.3, -0.25) is 9.35 Å². The summed E-state index contributed by atoms with van der Waals surface area (Å²) >= 11 is 0. The van der Waals surface area contributed by atoms with E-state index in [-0.39, 0.29) is 23.3 Å². The minimum absolute atomic E-state index is 0.108. The van der Waals surface area contributed by atoms with Gasteiger partial charge in [-0.05, 0) is 55.8 Å². The van der Waals surface area contributed by atoms with Gasteiger partial charge in [0.05, 0.1) is 0 Å². The summed E-state index contributed by atoms with van der Waals surface area (Å²) in [5, 5.41) is 3.22. The molecule has 1 heterocycles. The molecule has 0 bridgehead atoms. The lowest BCUT2D eigenvalue weighted by Crippen LogP contribution is -2.31. The van der Waals surface area contributed by atoms with Crippen molar-refractivity contribution >= 4 is 15.9 Å². The third-order valence-electron chi connectivity index (χ3n) is 4.03. The van der Waals surface area contributed by atoms with Gasteiger partial charge in [0, 0.05) is 11.5 Å². The summed E-state index contributed by atoms with van der Waals surface area (Å²) in [6.45, 7) is 1.80. The van der Waals surface area contributed by atoms with Gasteiger partial charge in [0.15, 0.2) is 5.78 Å². The van der Waals surface area contributed by atoms with Gasteiger partial charge in [-0.2, -0.15) is 8.42 Å². The van der Waals surface area contributed by atoms with Gasteiger partial charge in [-0.25, -0.2) is 4.39 Å². The number of hydrogen-bond acceptors (Lipinski definition) is 4. The molecule has 3 rings (SSSR count). The lowest BCUT2D eigenvalue weighted by atomic mass is 9.90. The van der Waals surface area contributed by atoms with Crippen LogP contribution in [0.1, 0.15) is 28.8 Å². The molecule has 5 nitrogen and oxygen atoms in total. The number of piperidine rings is 1. The van der Waals surface area contributed by atoms with Gasteiger partial charge in [0.2, 0.25) is 0 Å². The lowest BCUT2D eigenvalue weighted by molar-refractivity contribution is 0.0895. The predicted octanol–water partition coefficient (Wildman–Crippen LogP) is 3.08. The van der Waals surface area contributed by atoms with E-state index in [0.717, 1.165) is 25.9 Å². The number of rotatable bonds is 4. The van der Waals surface area contributed by atoms with E-state index in [2.05, 4.69) is 5.32 Å². The average Bonchev–Trinajstić information content (AvgIpc) is 2.62. The first kappa shape index (κ1) is 20.2. The van der Waals surface area contributed by atoms with Crippen LogP contribution in [0.15, 0.2) is 54.6 Å². The Morgan fingerprint density at radius 1 is 1.04 bits per heavy atom. The number of ketones is 1. The molecule has 0 atom stereocenters. The summed E-state index contributed by atoms with van der Waals surface area (Å²) in [4.78, 5) is 12.0. The van der Waals surface area contributed by atoms with Crippen molar-refractivity contribution in [1.82, 2.24) is 5.32 Å². The number of benzene rings is 2. The molecule has 1 fully saturated rings. The second-order valence-corrected chi connectivity index (χ2v) is 7.56. The first-order chi connectivity index (χ1) is 12.3. The molecule has 1 aliphatic heterocycles. The van der Waals surface area contributed by atoms with Crippen molar-refractivity contribution in [2.45, 2.75) is 18.6 Å². The molecule has 1 aliphatic rings. The molecule has 0 aliphatic carbocycles. The van der Waals surface area contributed by atoms with Gasteiger partial charge in [-0.15, -0.1) is 0 Å². The molecule has 0 unspecified atom stereocenters. The fourth-order valence-corrected chi connectivity index (χ4v) is 3.33. The van der Waals surface area contributed by atoms with Crippen LogP contribution in [0.2, 0.25) is 0 Å². The summed E-state index contributed by atoms with van der Waals surface area (Å²) in [6, 6.07) is 14.3. The van der Waals surface area contributed by atoms with Crippen molar-refractivity contribution in [3.05, 3.63) is 71.5 Å². The minimum atomic E-state index is -3.88. The molecule has 2 N–H and O–H groups in total. The van der Waals surface area contributed by atoms with Crippen molar-refractivity contribution in [3.8, 4) is 0 Å². The van der Waals surface area contributed by atoms with E-state index in [1.54, 1.807) is 42.5 Å². The molecule has 140 valence electrons. The van der Waals surface area contributed by atoms with Crippen LogP contribution in [0.4, 0.5) is 4.39 Å². The monoisotopic (exact) mass is 379 g/mol. The smallest absolute Gasteiger partial charge is 0.269 e. The van der Waals surface area contributed by atoms with Crippen LogP contribution < -0.4 is 5.32 Å². The summed E-state index contributed by atoms with van der Waals surface area (Å²) in [5.74, 6) is -0.349.